The number of nitrogen functional groups attached to an aromatic ring is 1. The van der Waals surface area contributed by atoms with Gasteiger partial charge in [0.15, 0.2) is 6.73 Å². The van der Waals surface area contributed by atoms with Crippen LogP contribution in [0.25, 0.3) is 0 Å². The molecular formula is C16H18ClN3O2. The number of hydrogen-bond donors (Lipinski definition) is 3. The number of amides is 2. The zero-order valence-corrected chi connectivity index (χ0v) is 13.2. The molecule has 0 aliphatic carbocycles. The van der Waals surface area contributed by atoms with Crippen molar-refractivity contribution >= 4 is 29.0 Å². The molecule has 0 saturated heterocycles. The van der Waals surface area contributed by atoms with Crippen molar-refractivity contribution in [2.45, 2.75) is 13.8 Å². The van der Waals surface area contributed by atoms with Gasteiger partial charge >= 0.3 is 6.03 Å². The smallest absolute Gasteiger partial charge is 0.321 e. The van der Waals surface area contributed by atoms with Crippen LogP contribution in [0.1, 0.15) is 11.1 Å². The molecule has 0 fully saturated rings. The molecule has 0 saturated carbocycles. The van der Waals surface area contributed by atoms with Crippen LogP contribution in [0.15, 0.2) is 36.4 Å². The van der Waals surface area contributed by atoms with Crippen LogP contribution < -0.4 is 21.1 Å². The topological polar surface area (TPSA) is 76.4 Å². The fourth-order valence-electron chi connectivity index (χ4n) is 1.92. The first-order valence-corrected chi connectivity index (χ1v) is 7.13. The maximum atomic E-state index is 11.8. The van der Waals surface area contributed by atoms with Crippen molar-refractivity contribution in [3.63, 3.8) is 0 Å². The van der Waals surface area contributed by atoms with Crippen LogP contribution >= 0.6 is 11.6 Å². The Morgan fingerprint density at radius 1 is 1.23 bits per heavy atom. The summed E-state index contributed by atoms with van der Waals surface area (Å²) in [5, 5.41) is 5.65. The molecule has 0 heterocycles. The summed E-state index contributed by atoms with van der Waals surface area (Å²) in [6.07, 6.45) is 0. The molecule has 6 heteroatoms. The summed E-state index contributed by atoms with van der Waals surface area (Å²) in [5.74, 6) is 0.737. The van der Waals surface area contributed by atoms with Gasteiger partial charge in [0.2, 0.25) is 0 Å². The van der Waals surface area contributed by atoms with Gasteiger partial charge in [-0.25, -0.2) is 4.79 Å². The molecule has 2 rings (SSSR count). The largest absolute Gasteiger partial charge is 0.473 e. The Kier molecular flexibility index (Phi) is 5.12. The molecule has 5 nitrogen and oxygen atoms in total. The van der Waals surface area contributed by atoms with Crippen molar-refractivity contribution in [1.29, 1.82) is 0 Å². The molecule has 0 aromatic heterocycles. The molecule has 0 spiro atoms. The number of hydrogen-bond acceptors (Lipinski definition) is 3. The number of nitrogens with one attached hydrogen (secondary N) is 2. The Labute approximate surface area is 134 Å². The number of urea groups is 1. The Morgan fingerprint density at radius 3 is 2.68 bits per heavy atom. The SMILES string of the molecule is Cc1ccc(OCNC(=O)Nc2ccc(N)c(Cl)c2)c(C)c1. The fourth-order valence-corrected chi connectivity index (χ4v) is 2.10. The van der Waals surface area contributed by atoms with Crippen molar-refractivity contribution in [1.82, 2.24) is 5.32 Å². The van der Waals surface area contributed by atoms with Crippen LogP contribution in [0.3, 0.4) is 0 Å². The monoisotopic (exact) mass is 319 g/mol. The van der Waals surface area contributed by atoms with Crippen LogP contribution in [0.5, 0.6) is 5.75 Å². The van der Waals surface area contributed by atoms with Crippen molar-refractivity contribution < 1.29 is 9.53 Å². The van der Waals surface area contributed by atoms with E-state index in [-0.39, 0.29) is 12.8 Å². The van der Waals surface area contributed by atoms with E-state index in [1.165, 1.54) is 0 Å². The van der Waals surface area contributed by atoms with E-state index < -0.39 is 0 Å². The molecule has 116 valence electrons. The molecular weight excluding hydrogens is 302 g/mol. The van der Waals surface area contributed by atoms with E-state index in [1.54, 1.807) is 18.2 Å². The van der Waals surface area contributed by atoms with E-state index in [4.69, 9.17) is 22.1 Å². The molecule has 4 N–H and O–H groups in total. The zero-order valence-electron chi connectivity index (χ0n) is 12.4. The van der Waals surface area contributed by atoms with E-state index >= 15 is 0 Å². The highest BCUT2D eigenvalue weighted by molar-refractivity contribution is 6.33. The third kappa shape index (κ3) is 4.30. The lowest BCUT2D eigenvalue weighted by molar-refractivity contribution is 0.234. The number of rotatable bonds is 4. The fraction of sp³-hybridized carbons (Fsp3) is 0.188. The van der Waals surface area contributed by atoms with Crippen LogP contribution in [0, 0.1) is 13.8 Å². The maximum absolute atomic E-state index is 11.8. The molecule has 0 aliphatic rings. The predicted octanol–water partition coefficient (Wildman–Crippen LogP) is 3.70. The number of halogens is 1. The predicted molar refractivity (Wildman–Crippen MR) is 89.4 cm³/mol. The van der Waals surface area contributed by atoms with Crippen molar-refractivity contribution in [3.8, 4) is 5.75 Å². The van der Waals surface area contributed by atoms with E-state index in [0.29, 0.717) is 16.4 Å². The first-order chi connectivity index (χ1) is 10.5. The molecule has 2 aromatic rings. The second-order valence-corrected chi connectivity index (χ2v) is 5.33. The van der Waals surface area contributed by atoms with E-state index in [1.807, 2.05) is 32.0 Å². The minimum atomic E-state index is -0.384. The molecule has 22 heavy (non-hydrogen) atoms. The van der Waals surface area contributed by atoms with Gasteiger partial charge in [-0.2, -0.15) is 0 Å². The molecule has 0 bridgehead atoms. The maximum Gasteiger partial charge on any atom is 0.321 e. The van der Waals surface area contributed by atoms with Gasteiger partial charge in [-0.1, -0.05) is 29.3 Å². The second-order valence-electron chi connectivity index (χ2n) is 4.92. The standard InChI is InChI=1S/C16H18ClN3O2/c1-10-3-6-15(11(2)7-10)22-9-19-16(21)20-12-4-5-14(18)13(17)8-12/h3-8H,9,18H2,1-2H3,(H2,19,20,21). The third-order valence-electron chi connectivity index (χ3n) is 3.05. The first-order valence-electron chi connectivity index (χ1n) is 6.75. The summed E-state index contributed by atoms with van der Waals surface area (Å²) >= 11 is 5.89. The quantitative estimate of drug-likeness (QED) is 0.594. The van der Waals surface area contributed by atoms with Crippen LogP contribution in [0.2, 0.25) is 5.02 Å². The summed E-state index contributed by atoms with van der Waals surface area (Å²) in [7, 11) is 0. The number of carbonyl (C=O) groups excluding carboxylic acids is 1. The summed E-state index contributed by atoms with van der Waals surface area (Å²) in [6.45, 7) is 4.04. The highest BCUT2D eigenvalue weighted by Gasteiger charge is 2.04. The van der Waals surface area contributed by atoms with Crippen molar-refractivity contribution in [2.75, 3.05) is 17.8 Å². The lowest BCUT2D eigenvalue weighted by Gasteiger charge is -2.12. The van der Waals surface area contributed by atoms with Gasteiger partial charge in [-0.05, 0) is 43.7 Å². The van der Waals surface area contributed by atoms with Gasteiger partial charge < -0.3 is 21.1 Å². The number of aryl methyl sites for hydroxylation is 2. The van der Waals surface area contributed by atoms with Gasteiger partial charge in [0.1, 0.15) is 5.75 Å². The average molecular weight is 320 g/mol. The first kappa shape index (κ1) is 16.0. The number of nitrogens with two attached hydrogens (primary N) is 1. The van der Waals surface area contributed by atoms with Crippen molar-refractivity contribution in [2.24, 2.45) is 0 Å². The van der Waals surface area contributed by atoms with Gasteiger partial charge in [0, 0.05) is 5.69 Å². The zero-order chi connectivity index (χ0) is 16.1. The summed E-state index contributed by atoms with van der Waals surface area (Å²) in [6, 6.07) is 10.4. The Bertz CT molecular complexity index is 689. The van der Waals surface area contributed by atoms with E-state index in [9.17, 15) is 4.79 Å². The number of benzene rings is 2. The van der Waals surface area contributed by atoms with E-state index in [0.717, 1.165) is 16.9 Å². The lowest BCUT2D eigenvalue weighted by atomic mass is 10.1. The van der Waals surface area contributed by atoms with Crippen LogP contribution in [-0.4, -0.2) is 12.8 Å². The molecule has 0 atom stereocenters. The Hall–Kier alpha value is -2.40. The normalized spacial score (nSPS) is 10.1. The average Bonchev–Trinajstić information content (AvgIpc) is 2.45. The molecule has 0 unspecified atom stereocenters. The van der Waals surface area contributed by atoms with Gasteiger partial charge in [-0.3, -0.25) is 0 Å². The highest BCUT2D eigenvalue weighted by Crippen LogP contribution is 2.22. The molecule has 0 aliphatic heterocycles. The van der Waals surface area contributed by atoms with E-state index in [2.05, 4.69) is 10.6 Å². The van der Waals surface area contributed by atoms with Crippen LogP contribution in [-0.2, 0) is 0 Å². The number of carbonyl (C=O) groups is 1. The summed E-state index contributed by atoms with van der Waals surface area (Å²) < 4.78 is 5.52. The highest BCUT2D eigenvalue weighted by atomic mass is 35.5. The van der Waals surface area contributed by atoms with Gasteiger partial charge in [0.05, 0.1) is 10.7 Å². The Morgan fingerprint density at radius 2 is 2.00 bits per heavy atom. The summed E-state index contributed by atoms with van der Waals surface area (Å²) in [5.41, 5.74) is 8.81. The third-order valence-corrected chi connectivity index (χ3v) is 3.38. The molecule has 2 aromatic carbocycles. The molecule has 2 amide bonds. The van der Waals surface area contributed by atoms with Gasteiger partial charge in [-0.15, -0.1) is 0 Å². The van der Waals surface area contributed by atoms with Gasteiger partial charge in [0.25, 0.3) is 0 Å². The minimum absolute atomic E-state index is 0.0679. The van der Waals surface area contributed by atoms with Crippen LogP contribution in [0.4, 0.5) is 16.2 Å². The number of anilines is 2. The molecule has 0 radical (unpaired) electrons. The minimum Gasteiger partial charge on any atom is -0.473 e. The lowest BCUT2D eigenvalue weighted by Crippen LogP contribution is -2.32. The summed E-state index contributed by atoms with van der Waals surface area (Å²) in [4.78, 5) is 11.8. The second kappa shape index (κ2) is 7.04. The number of ether oxygens (including phenoxy) is 1. The van der Waals surface area contributed by atoms with Crippen molar-refractivity contribution in [3.05, 3.63) is 52.5 Å². The Balaban J connectivity index is 1.83.